The van der Waals surface area contributed by atoms with Gasteiger partial charge in [-0.2, -0.15) is 0 Å². The number of hydrogen-bond acceptors (Lipinski definition) is 4. The number of likely N-dealkylation sites (tertiary alicyclic amines) is 1. The summed E-state index contributed by atoms with van der Waals surface area (Å²) >= 11 is 0. The van der Waals surface area contributed by atoms with Crippen molar-refractivity contribution in [2.75, 3.05) is 31.6 Å². The summed E-state index contributed by atoms with van der Waals surface area (Å²) in [6, 6.07) is 5.09. The lowest BCUT2D eigenvalue weighted by Crippen LogP contribution is -2.52. The molecule has 2 aliphatic heterocycles. The van der Waals surface area contributed by atoms with Crippen molar-refractivity contribution in [1.29, 1.82) is 0 Å². The molecule has 0 aromatic carbocycles. The van der Waals surface area contributed by atoms with Gasteiger partial charge in [-0.3, -0.25) is 0 Å². The van der Waals surface area contributed by atoms with Gasteiger partial charge in [-0.25, -0.2) is 4.98 Å². The maximum absolute atomic E-state index is 5.89. The summed E-state index contributed by atoms with van der Waals surface area (Å²) in [6.45, 7) is 5.54. The van der Waals surface area contributed by atoms with E-state index in [2.05, 4.69) is 34.0 Å². The van der Waals surface area contributed by atoms with Crippen LogP contribution in [0.3, 0.4) is 0 Å². The Morgan fingerprint density at radius 3 is 2.85 bits per heavy atom. The van der Waals surface area contributed by atoms with Crippen LogP contribution in [0.5, 0.6) is 0 Å². The Morgan fingerprint density at radius 2 is 2.15 bits per heavy atom. The van der Waals surface area contributed by atoms with Crippen LogP contribution in [-0.4, -0.2) is 42.6 Å². The number of nitrogens with two attached hydrogens (primary N) is 1. The molecule has 2 aliphatic rings. The Kier molecular flexibility index (Phi) is 3.94. The zero-order valence-electron chi connectivity index (χ0n) is 12.6. The minimum absolute atomic E-state index is 0.0641. The van der Waals surface area contributed by atoms with Gasteiger partial charge in [-0.05, 0) is 57.3 Å². The summed E-state index contributed by atoms with van der Waals surface area (Å²) in [6.07, 6.45) is 5.89. The molecule has 3 atom stereocenters. The highest BCUT2D eigenvalue weighted by molar-refractivity contribution is 5.40. The van der Waals surface area contributed by atoms with Crippen molar-refractivity contribution >= 4 is 5.82 Å². The minimum Gasteiger partial charge on any atom is -0.356 e. The average Bonchev–Trinajstić information content (AvgIpc) is 2.47. The Bertz CT molecular complexity index is 442. The van der Waals surface area contributed by atoms with Crippen LogP contribution in [-0.2, 0) is 0 Å². The number of pyridine rings is 1. The zero-order chi connectivity index (χ0) is 14.1. The predicted octanol–water partition coefficient (Wildman–Crippen LogP) is 2.02. The van der Waals surface area contributed by atoms with Gasteiger partial charge in [0.2, 0.25) is 0 Å². The van der Waals surface area contributed by atoms with Crippen molar-refractivity contribution in [2.45, 2.75) is 38.3 Å². The largest absolute Gasteiger partial charge is 0.356 e. The fraction of sp³-hybridized carbons (Fsp3) is 0.688. The van der Waals surface area contributed by atoms with E-state index in [1.54, 1.807) is 0 Å². The van der Waals surface area contributed by atoms with E-state index in [1.807, 2.05) is 13.1 Å². The van der Waals surface area contributed by atoms with Crippen molar-refractivity contribution in [3.8, 4) is 0 Å². The summed E-state index contributed by atoms with van der Waals surface area (Å²) < 4.78 is 0. The van der Waals surface area contributed by atoms with Crippen LogP contribution in [0, 0.1) is 5.92 Å². The molecule has 3 rings (SSSR count). The van der Waals surface area contributed by atoms with Gasteiger partial charge in [0.15, 0.2) is 0 Å². The number of anilines is 1. The summed E-state index contributed by atoms with van der Waals surface area (Å²) in [4.78, 5) is 9.62. The van der Waals surface area contributed by atoms with Gasteiger partial charge < -0.3 is 15.5 Å². The van der Waals surface area contributed by atoms with Crippen molar-refractivity contribution in [2.24, 2.45) is 11.7 Å². The molecule has 3 heterocycles. The normalized spacial score (nSPS) is 29.1. The number of hydrogen-bond donors (Lipinski definition) is 1. The number of rotatable bonds is 2. The van der Waals surface area contributed by atoms with Crippen molar-refractivity contribution in [3.05, 3.63) is 23.9 Å². The maximum atomic E-state index is 5.89. The standard InChI is InChI=1S/C16H26N4/c1-12(17)13-5-6-16(18-10-13)20-9-7-15-14(11-20)4-3-8-19(15)2/h5-6,10,12,14-15H,3-4,7-9,11,17H2,1-2H3/t12-,14?,15?/m1/s1. The molecule has 0 amide bonds. The number of nitrogens with zero attached hydrogens (tertiary/aromatic N) is 3. The smallest absolute Gasteiger partial charge is 0.128 e. The van der Waals surface area contributed by atoms with E-state index in [1.165, 1.54) is 25.8 Å². The van der Waals surface area contributed by atoms with Gasteiger partial charge in [-0.15, -0.1) is 0 Å². The third-order valence-electron chi connectivity index (χ3n) is 4.97. The van der Waals surface area contributed by atoms with Crippen LogP contribution >= 0.6 is 0 Å². The van der Waals surface area contributed by atoms with E-state index in [0.717, 1.165) is 36.4 Å². The Balaban J connectivity index is 1.69. The lowest BCUT2D eigenvalue weighted by molar-refractivity contribution is 0.102. The second kappa shape index (κ2) is 5.70. The zero-order valence-corrected chi connectivity index (χ0v) is 12.6. The lowest BCUT2D eigenvalue weighted by atomic mass is 9.84. The monoisotopic (exact) mass is 274 g/mol. The molecular weight excluding hydrogens is 248 g/mol. The highest BCUT2D eigenvalue weighted by Crippen LogP contribution is 2.31. The van der Waals surface area contributed by atoms with Gasteiger partial charge in [-0.1, -0.05) is 6.07 Å². The predicted molar refractivity (Wildman–Crippen MR) is 82.8 cm³/mol. The van der Waals surface area contributed by atoms with Crippen LogP contribution < -0.4 is 10.6 Å². The molecule has 0 radical (unpaired) electrons. The molecule has 0 spiro atoms. The molecule has 0 aliphatic carbocycles. The highest BCUT2D eigenvalue weighted by Gasteiger charge is 2.34. The Labute approximate surface area is 122 Å². The van der Waals surface area contributed by atoms with Gasteiger partial charge in [0.1, 0.15) is 5.82 Å². The molecule has 4 nitrogen and oxygen atoms in total. The van der Waals surface area contributed by atoms with Crippen molar-refractivity contribution in [1.82, 2.24) is 9.88 Å². The first-order valence-corrected chi connectivity index (χ1v) is 7.82. The number of aromatic nitrogens is 1. The molecule has 1 aromatic rings. The molecule has 110 valence electrons. The van der Waals surface area contributed by atoms with Crippen LogP contribution in [0.25, 0.3) is 0 Å². The highest BCUT2D eigenvalue weighted by atomic mass is 15.2. The minimum atomic E-state index is 0.0641. The topological polar surface area (TPSA) is 45.4 Å². The molecule has 2 N–H and O–H groups in total. The Morgan fingerprint density at radius 1 is 1.30 bits per heavy atom. The molecule has 0 saturated carbocycles. The second-order valence-electron chi connectivity index (χ2n) is 6.42. The van der Waals surface area contributed by atoms with Gasteiger partial charge in [0.25, 0.3) is 0 Å². The molecule has 0 bridgehead atoms. The molecule has 20 heavy (non-hydrogen) atoms. The van der Waals surface area contributed by atoms with E-state index in [0.29, 0.717) is 0 Å². The maximum Gasteiger partial charge on any atom is 0.128 e. The first-order valence-electron chi connectivity index (χ1n) is 7.82. The summed E-state index contributed by atoms with van der Waals surface area (Å²) in [5.74, 6) is 1.92. The SMILES string of the molecule is C[C@@H](N)c1ccc(N2CCC3C(CCCN3C)C2)nc1. The second-order valence-corrected chi connectivity index (χ2v) is 6.42. The van der Waals surface area contributed by atoms with Gasteiger partial charge >= 0.3 is 0 Å². The van der Waals surface area contributed by atoms with Crippen LogP contribution in [0.1, 0.15) is 37.8 Å². The molecule has 1 aromatic heterocycles. The molecular formula is C16H26N4. The van der Waals surface area contributed by atoms with Gasteiger partial charge in [0, 0.05) is 31.4 Å². The van der Waals surface area contributed by atoms with E-state index in [9.17, 15) is 0 Å². The first kappa shape index (κ1) is 13.8. The third kappa shape index (κ3) is 2.67. The molecule has 2 saturated heterocycles. The third-order valence-corrected chi connectivity index (χ3v) is 4.97. The molecule has 4 heteroatoms. The molecule has 2 unspecified atom stereocenters. The summed E-state index contributed by atoms with van der Waals surface area (Å²) in [5, 5.41) is 0. The van der Waals surface area contributed by atoms with E-state index < -0.39 is 0 Å². The lowest BCUT2D eigenvalue weighted by Gasteiger charge is -2.46. The van der Waals surface area contributed by atoms with Gasteiger partial charge in [0.05, 0.1) is 0 Å². The summed E-state index contributed by atoms with van der Waals surface area (Å²) in [5.41, 5.74) is 7.00. The van der Waals surface area contributed by atoms with E-state index in [-0.39, 0.29) is 6.04 Å². The average molecular weight is 274 g/mol. The Hall–Kier alpha value is -1.13. The van der Waals surface area contributed by atoms with Crippen LogP contribution in [0.2, 0.25) is 0 Å². The quantitative estimate of drug-likeness (QED) is 0.896. The van der Waals surface area contributed by atoms with Crippen molar-refractivity contribution in [3.63, 3.8) is 0 Å². The number of fused-ring (bicyclic) bond motifs is 1. The molecule has 2 fully saturated rings. The first-order chi connectivity index (χ1) is 9.65. The fourth-order valence-corrected chi connectivity index (χ4v) is 3.71. The van der Waals surface area contributed by atoms with Crippen LogP contribution in [0.15, 0.2) is 18.3 Å². The van der Waals surface area contributed by atoms with E-state index in [4.69, 9.17) is 5.73 Å². The van der Waals surface area contributed by atoms with Crippen LogP contribution in [0.4, 0.5) is 5.82 Å². The van der Waals surface area contributed by atoms with Crippen molar-refractivity contribution < 1.29 is 0 Å². The fourth-order valence-electron chi connectivity index (χ4n) is 3.71. The summed E-state index contributed by atoms with van der Waals surface area (Å²) in [7, 11) is 2.28. The number of piperidine rings is 2. The van der Waals surface area contributed by atoms with E-state index >= 15 is 0 Å².